The van der Waals surface area contributed by atoms with Gasteiger partial charge in [-0.05, 0) is 62.5 Å². The summed E-state index contributed by atoms with van der Waals surface area (Å²) < 4.78 is 0. The number of amides is 2. The van der Waals surface area contributed by atoms with Crippen LogP contribution >= 0.6 is 0 Å². The van der Waals surface area contributed by atoms with Gasteiger partial charge in [-0.1, -0.05) is 6.07 Å². The molecule has 7 heteroatoms. The maximum atomic E-state index is 13.0. The number of rotatable bonds is 4. The first-order valence-corrected chi connectivity index (χ1v) is 10.6. The van der Waals surface area contributed by atoms with Gasteiger partial charge in [-0.3, -0.25) is 4.79 Å². The minimum absolute atomic E-state index is 0.0218. The van der Waals surface area contributed by atoms with Gasteiger partial charge < -0.3 is 20.2 Å². The number of carbonyl (C=O) groups is 2. The lowest BCUT2D eigenvalue weighted by atomic mass is 9.93. The Morgan fingerprint density at radius 2 is 2.04 bits per heavy atom. The predicted octanol–water partition coefficient (Wildman–Crippen LogP) is 2.75. The van der Waals surface area contributed by atoms with Crippen LogP contribution in [-0.2, 0) is 17.6 Å². The average Bonchev–Trinajstić information content (AvgIpc) is 3.15. The number of nitrogens with one attached hydrogen (secondary N) is 1. The zero-order chi connectivity index (χ0) is 19.5. The number of carbonyl (C=O) groups excluding carboxylic acids is 1. The second-order valence-corrected chi connectivity index (χ2v) is 8.37. The predicted molar refractivity (Wildman–Crippen MR) is 106 cm³/mol. The Morgan fingerprint density at radius 1 is 1.18 bits per heavy atom. The highest BCUT2D eigenvalue weighted by molar-refractivity contribution is 5.76. The Balaban J connectivity index is 1.37. The summed E-state index contributed by atoms with van der Waals surface area (Å²) in [5, 5.41) is 12.5. The lowest BCUT2D eigenvalue weighted by Crippen LogP contribution is -2.49. The van der Waals surface area contributed by atoms with Crippen LogP contribution in [0.15, 0.2) is 12.1 Å². The molecule has 2 N–H and O–H groups in total. The van der Waals surface area contributed by atoms with E-state index in [1.165, 1.54) is 5.56 Å². The third kappa shape index (κ3) is 4.23. The maximum Gasteiger partial charge on any atom is 0.320 e. The highest BCUT2D eigenvalue weighted by Crippen LogP contribution is 2.27. The van der Waals surface area contributed by atoms with Crippen molar-refractivity contribution in [2.45, 2.75) is 57.4 Å². The summed E-state index contributed by atoms with van der Waals surface area (Å²) in [7, 11) is 0. The number of fused-ring (bicyclic) bond motifs is 1. The lowest BCUT2D eigenvalue weighted by molar-refractivity contribution is -0.138. The maximum absolute atomic E-state index is 13.0. The number of urea groups is 1. The number of aliphatic carboxylic acids is 1. The average molecular weight is 386 g/mol. The molecular formula is C21H30N4O3. The largest absolute Gasteiger partial charge is 0.481 e. The Morgan fingerprint density at radius 3 is 2.89 bits per heavy atom. The van der Waals surface area contributed by atoms with Crippen LogP contribution in [0.4, 0.5) is 10.6 Å². The molecule has 7 nitrogen and oxygen atoms in total. The number of hydrogen-bond acceptors (Lipinski definition) is 4. The summed E-state index contributed by atoms with van der Waals surface area (Å²) in [5.41, 5.74) is 2.39. The molecule has 0 bridgehead atoms. The topological polar surface area (TPSA) is 85.8 Å². The molecule has 2 saturated heterocycles. The number of nitrogens with zero attached hydrogens (tertiary/aromatic N) is 3. The lowest BCUT2D eigenvalue weighted by Gasteiger charge is -2.37. The minimum Gasteiger partial charge on any atom is -0.481 e. The molecule has 28 heavy (non-hydrogen) atoms. The molecule has 1 aromatic rings. The standard InChI is InChI=1S/C21H30N4O3/c26-19(27)13-18-6-3-11-25(18)21(28)24-10-2-4-15(14-24)12-17-8-7-16-5-1-9-22-20(16)23-17/h7-8,15,18H,1-6,9-14H2,(H,22,23)(H,26,27). The number of carboxylic acids is 1. The van der Waals surface area contributed by atoms with Gasteiger partial charge in [0.15, 0.2) is 0 Å². The molecule has 2 fully saturated rings. The Bertz CT molecular complexity index is 738. The minimum atomic E-state index is -0.826. The first kappa shape index (κ1) is 19.0. The zero-order valence-corrected chi connectivity index (χ0v) is 16.4. The fraction of sp³-hybridized carbons (Fsp3) is 0.667. The number of carboxylic acid groups (broad SMARTS) is 1. The number of aromatic nitrogens is 1. The summed E-state index contributed by atoms with van der Waals surface area (Å²) in [6, 6.07) is 4.19. The van der Waals surface area contributed by atoms with Gasteiger partial charge in [0.1, 0.15) is 5.82 Å². The number of piperidine rings is 1. The molecule has 4 rings (SSSR count). The molecule has 4 heterocycles. The Kier molecular flexibility index (Phi) is 5.69. The van der Waals surface area contributed by atoms with Gasteiger partial charge in [0.2, 0.25) is 0 Å². The zero-order valence-electron chi connectivity index (χ0n) is 16.4. The van der Waals surface area contributed by atoms with Gasteiger partial charge in [0.05, 0.1) is 6.42 Å². The van der Waals surface area contributed by atoms with Gasteiger partial charge in [0, 0.05) is 37.9 Å². The number of likely N-dealkylation sites (tertiary alicyclic amines) is 2. The molecule has 152 valence electrons. The molecule has 2 amide bonds. The van der Waals surface area contributed by atoms with Gasteiger partial charge in [-0.25, -0.2) is 9.78 Å². The molecule has 3 aliphatic heterocycles. The third-order valence-electron chi connectivity index (χ3n) is 6.27. The third-order valence-corrected chi connectivity index (χ3v) is 6.27. The first-order valence-electron chi connectivity index (χ1n) is 10.6. The highest BCUT2D eigenvalue weighted by Gasteiger charge is 2.34. The van der Waals surface area contributed by atoms with E-state index in [1.54, 1.807) is 4.90 Å². The van der Waals surface area contributed by atoms with Crippen molar-refractivity contribution in [3.63, 3.8) is 0 Å². The summed E-state index contributed by atoms with van der Waals surface area (Å²) in [6.45, 7) is 3.17. The van der Waals surface area contributed by atoms with Crippen LogP contribution in [0.25, 0.3) is 0 Å². The normalized spacial score (nSPS) is 24.6. The summed E-state index contributed by atoms with van der Waals surface area (Å²) in [6.07, 6.45) is 6.98. The fourth-order valence-electron chi connectivity index (χ4n) is 4.87. The number of pyridine rings is 1. The SMILES string of the molecule is O=C(O)CC1CCCN1C(=O)N1CCCC(Cc2ccc3c(n2)NCCC3)C1. The van der Waals surface area contributed by atoms with Gasteiger partial charge in [0.25, 0.3) is 0 Å². The summed E-state index contributed by atoms with van der Waals surface area (Å²) in [5.74, 6) is 0.613. The first-order chi connectivity index (χ1) is 13.6. The molecule has 0 saturated carbocycles. The van der Waals surface area contributed by atoms with Crippen molar-refractivity contribution in [2.75, 3.05) is 31.5 Å². The molecule has 0 spiro atoms. The van der Waals surface area contributed by atoms with Crippen LogP contribution in [0.3, 0.4) is 0 Å². The summed E-state index contributed by atoms with van der Waals surface area (Å²) in [4.78, 5) is 32.6. The van der Waals surface area contributed by atoms with Crippen LogP contribution in [-0.4, -0.2) is 64.1 Å². The van der Waals surface area contributed by atoms with Crippen molar-refractivity contribution < 1.29 is 14.7 Å². The van der Waals surface area contributed by atoms with Crippen molar-refractivity contribution in [3.05, 3.63) is 23.4 Å². The number of aryl methyl sites for hydroxylation is 1. The molecule has 2 atom stereocenters. The van der Waals surface area contributed by atoms with E-state index in [0.717, 1.165) is 76.1 Å². The van der Waals surface area contributed by atoms with Crippen molar-refractivity contribution in [3.8, 4) is 0 Å². The smallest absolute Gasteiger partial charge is 0.320 e. The van der Waals surface area contributed by atoms with E-state index in [1.807, 2.05) is 4.90 Å². The van der Waals surface area contributed by atoms with E-state index < -0.39 is 5.97 Å². The van der Waals surface area contributed by atoms with Crippen LogP contribution in [0, 0.1) is 5.92 Å². The second-order valence-electron chi connectivity index (χ2n) is 8.37. The van der Waals surface area contributed by atoms with Crippen molar-refractivity contribution in [1.29, 1.82) is 0 Å². The molecule has 2 unspecified atom stereocenters. The van der Waals surface area contributed by atoms with E-state index in [0.29, 0.717) is 12.5 Å². The van der Waals surface area contributed by atoms with Crippen LogP contribution < -0.4 is 5.32 Å². The van der Waals surface area contributed by atoms with E-state index in [2.05, 4.69) is 17.4 Å². The molecule has 3 aliphatic rings. The highest BCUT2D eigenvalue weighted by atomic mass is 16.4. The van der Waals surface area contributed by atoms with E-state index in [4.69, 9.17) is 10.1 Å². The number of anilines is 1. The number of hydrogen-bond donors (Lipinski definition) is 2. The second kappa shape index (κ2) is 8.37. The van der Waals surface area contributed by atoms with E-state index >= 15 is 0 Å². The van der Waals surface area contributed by atoms with Crippen LogP contribution in [0.5, 0.6) is 0 Å². The van der Waals surface area contributed by atoms with Crippen LogP contribution in [0.1, 0.15) is 49.8 Å². The van der Waals surface area contributed by atoms with Crippen molar-refractivity contribution in [2.24, 2.45) is 5.92 Å². The monoisotopic (exact) mass is 386 g/mol. The van der Waals surface area contributed by atoms with Gasteiger partial charge >= 0.3 is 12.0 Å². The van der Waals surface area contributed by atoms with Gasteiger partial charge in [-0.2, -0.15) is 0 Å². The fourth-order valence-corrected chi connectivity index (χ4v) is 4.87. The molecule has 0 radical (unpaired) electrons. The van der Waals surface area contributed by atoms with E-state index in [9.17, 15) is 9.59 Å². The Hall–Kier alpha value is -2.31. The molecule has 1 aromatic heterocycles. The molecule has 0 aromatic carbocycles. The molecule has 0 aliphatic carbocycles. The van der Waals surface area contributed by atoms with Gasteiger partial charge in [-0.15, -0.1) is 0 Å². The van der Waals surface area contributed by atoms with Crippen molar-refractivity contribution >= 4 is 17.8 Å². The Labute approximate surface area is 166 Å². The van der Waals surface area contributed by atoms with Crippen LogP contribution in [0.2, 0.25) is 0 Å². The molecular weight excluding hydrogens is 356 g/mol. The summed E-state index contributed by atoms with van der Waals surface area (Å²) >= 11 is 0. The van der Waals surface area contributed by atoms with Crippen molar-refractivity contribution in [1.82, 2.24) is 14.8 Å². The van der Waals surface area contributed by atoms with E-state index in [-0.39, 0.29) is 18.5 Å². The quantitative estimate of drug-likeness (QED) is 0.831.